The Balaban J connectivity index is 1.70. The van der Waals surface area contributed by atoms with Gasteiger partial charge in [0.2, 0.25) is 0 Å². The zero-order chi connectivity index (χ0) is 17.0. The van der Waals surface area contributed by atoms with Crippen LogP contribution in [0.5, 0.6) is 0 Å². The molecule has 0 spiro atoms. The van der Waals surface area contributed by atoms with Crippen molar-refractivity contribution >= 4 is 16.2 Å². The molecule has 0 aromatic carbocycles. The normalized spacial score (nSPS) is 16.3. The average molecular weight is 348 g/mol. The predicted molar refractivity (Wildman–Crippen MR) is 81.5 cm³/mol. The third kappa shape index (κ3) is 4.39. The monoisotopic (exact) mass is 348 g/mol. The maximum atomic E-state index is 12.2. The topological polar surface area (TPSA) is 99.6 Å². The molecular weight excluding hydrogens is 327 g/mol. The third-order valence-corrected chi connectivity index (χ3v) is 5.30. The molecular formula is C12H21FN6O3S. The number of amides is 2. The summed E-state index contributed by atoms with van der Waals surface area (Å²) in [5.74, 6) is 0. The fourth-order valence-electron chi connectivity index (χ4n) is 2.07. The lowest BCUT2D eigenvalue weighted by Gasteiger charge is -2.39. The highest BCUT2D eigenvalue weighted by molar-refractivity contribution is 7.86. The number of hydrogen-bond acceptors (Lipinski definition) is 4. The van der Waals surface area contributed by atoms with Crippen molar-refractivity contribution in [3.05, 3.63) is 18.0 Å². The first-order chi connectivity index (χ1) is 10.8. The number of rotatable bonds is 7. The number of aromatic nitrogens is 2. The largest absolute Gasteiger partial charge is 0.334 e. The van der Waals surface area contributed by atoms with E-state index in [0.29, 0.717) is 0 Å². The zero-order valence-electron chi connectivity index (χ0n) is 13.1. The molecule has 2 heterocycles. The molecule has 0 unspecified atom stereocenters. The molecule has 0 atom stereocenters. The third-order valence-electron chi connectivity index (χ3n) is 3.42. The van der Waals surface area contributed by atoms with E-state index in [2.05, 4.69) is 15.7 Å². The van der Waals surface area contributed by atoms with Gasteiger partial charge in [0.1, 0.15) is 6.67 Å². The number of hydrogen-bond donors (Lipinski definition) is 2. The summed E-state index contributed by atoms with van der Waals surface area (Å²) in [4.78, 5) is 11.8. The van der Waals surface area contributed by atoms with Gasteiger partial charge in [-0.05, 0) is 0 Å². The molecule has 2 N–H and O–H groups in total. The van der Waals surface area contributed by atoms with Crippen molar-refractivity contribution in [2.45, 2.75) is 19.1 Å². The molecule has 1 aliphatic heterocycles. The number of nitrogens with zero attached hydrogens (tertiary/aromatic N) is 4. The molecule has 1 aromatic heterocycles. The number of aryl methyl sites for hydroxylation is 1. The first-order valence-electron chi connectivity index (χ1n) is 7.12. The first kappa shape index (κ1) is 17.6. The summed E-state index contributed by atoms with van der Waals surface area (Å²) in [6, 6.07) is -0.589. The lowest BCUT2D eigenvalue weighted by Crippen LogP contribution is -2.63. The zero-order valence-corrected chi connectivity index (χ0v) is 13.9. The fourth-order valence-corrected chi connectivity index (χ4v) is 3.27. The van der Waals surface area contributed by atoms with Gasteiger partial charge in [-0.15, -0.1) is 0 Å². The van der Waals surface area contributed by atoms with E-state index in [0.717, 1.165) is 9.87 Å². The van der Waals surface area contributed by atoms with Crippen LogP contribution in [0, 0.1) is 0 Å². The van der Waals surface area contributed by atoms with Gasteiger partial charge in [0, 0.05) is 45.5 Å². The number of carbonyl (C=O) groups is 1. The molecule has 23 heavy (non-hydrogen) atoms. The maximum absolute atomic E-state index is 12.2. The van der Waals surface area contributed by atoms with E-state index >= 15 is 0 Å². The highest BCUT2D eigenvalue weighted by atomic mass is 32.2. The molecule has 0 saturated carbocycles. The van der Waals surface area contributed by atoms with Crippen LogP contribution in [0.3, 0.4) is 0 Å². The molecule has 1 aliphatic rings. The van der Waals surface area contributed by atoms with Crippen molar-refractivity contribution in [2.75, 3.05) is 33.9 Å². The molecule has 0 radical (unpaired) electrons. The molecule has 2 amide bonds. The Hall–Kier alpha value is -1.72. The van der Waals surface area contributed by atoms with Gasteiger partial charge < -0.3 is 10.6 Å². The summed E-state index contributed by atoms with van der Waals surface area (Å²) in [6.07, 6.45) is 3.22. The Kier molecular flexibility index (Phi) is 5.55. The molecule has 0 aliphatic carbocycles. The van der Waals surface area contributed by atoms with Crippen LogP contribution in [0.2, 0.25) is 0 Å². The van der Waals surface area contributed by atoms with Crippen molar-refractivity contribution < 1.29 is 17.6 Å². The lowest BCUT2D eigenvalue weighted by molar-refractivity contribution is 0.199. The number of halogens is 1. The van der Waals surface area contributed by atoms with Crippen molar-refractivity contribution in [1.29, 1.82) is 0 Å². The van der Waals surface area contributed by atoms with E-state index in [1.54, 1.807) is 12.4 Å². The minimum atomic E-state index is -3.41. The van der Waals surface area contributed by atoms with Crippen molar-refractivity contribution in [2.24, 2.45) is 0 Å². The number of urea groups is 1. The SMILES string of the molecule is CN(C)S(=O)(=O)N1CC(NC(=O)NCc2cnn(CCF)c2)C1. The molecule has 9 nitrogen and oxygen atoms in total. The van der Waals surface area contributed by atoms with Crippen molar-refractivity contribution in [3.8, 4) is 0 Å². The van der Waals surface area contributed by atoms with E-state index in [1.807, 2.05) is 0 Å². The minimum Gasteiger partial charge on any atom is -0.334 e. The number of carbonyl (C=O) groups excluding carboxylic acids is 1. The maximum Gasteiger partial charge on any atom is 0.315 e. The highest BCUT2D eigenvalue weighted by Crippen LogP contribution is 2.15. The van der Waals surface area contributed by atoms with Crippen LogP contribution in [0.1, 0.15) is 5.56 Å². The second-order valence-corrected chi connectivity index (χ2v) is 7.57. The Labute approximate surface area is 134 Å². The number of nitrogens with one attached hydrogen (secondary N) is 2. The summed E-state index contributed by atoms with van der Waals surface area (Å²) in [6.45, 7) is 0.461. The minimum absolute atomic E-state index is 0.185. The second kappa shape index (κ2) is 7.23. The summed E-state index contributed by atoms with van der Waals surface area (Å²) in [5, 5.41) is 9.30. The molecule has 1 saturated heterocycles. The van der Waals surface area contributed by atoms with Gasteiger partial charge in [0.15, 0.2) is 0 Å². The highest BCUT2D eigenvalue weighted by Gasteiger charge is 2.37. The van der Waals surface area contributed by atoms with Gasteiger partial charge >= 0.3 is 6.03 Å². The van der Waals surface area contributed by atoms with Crippen LogP contribution in [-0.2, 0) is 23.3 Å². The van der Waals surface area contributed by atoms with Crippen molar-refractivity contribution in [3.63, 3.8) is 0 Å². The van der Waals surface area contributed by atoms with Gasteiger partial charge in [-0.1, -0.05) is 0 Å². The quantitative estimate of drug-likeness (QED) is 0.670. The molecule has 2 rings (SSSR count). The van der Waals surface area contributed by atoms with Crippen LogP contribution < -0.4 is 10.6 Å². The standard InChI is InChI=1S/C12H21FN6O3S/c1-17(2)23(21,22)19-8-11(9-19)16-12(20)14-5-10-6-15-18(7-10)4-3-13/h6-7,11H,3-5,8-9H2,1-2H3,(H2,14,16,20). The van der Waals surface area contributed by atoms with E-state index in [9.17, 15) is 17.6 Å². The first-order valence-corrected chi connectivity index (χ1v) is 8.52. The van der Waals surface area contributed by atoms with E-state index < -0.39 is 16.9 Å². The van der Waals surface area contributed by atoms with Crippen molar-refractivity contribution in [1.82, 2.24) is 29.0 Å². The Bertz CT molecular complexity index is 641. The molecule has 11 heteroatoms. The lowest BCUT2D eigenvalue weighted by atomic mass is 10.2. The Morgan fingerprint density at radius 2 is 2.17 bits per heavy atom. The van der Waals surface area contributed by atoms with Gasteiger partial charge in [-0.3, -0.25) is 4.68 Å². The summed E-state index contributed by atoms with van der Waals surface area (Å²) in [7, 11) is -0.485. The van der Waals surface area contributed by atoms with E-state index in [4.69, 9.17) is 0 Å². The number of alkyl halides is 1. The van der Waals surface area contributed by atoms with Gasteiger partial charge in [-0.2, -0.15) is 22.1 Å². The fraction of sp³-hybridized carbons (Fsp3) is 0.667. The van der Waals surface area contributed by atoms with Crippen LogP contribution in [0.15, 0.2) is 12.4 Å². The summed E-state index contributed by atoms with van der Waals surface area (Å²) in [5.41, 5.74) is 0.763. The summed E-state index contributed by atoms with van der Waals surface area (Å²) >= 11 is 0. The Morgan fingerprint density at radius 3 is 2.78 bits per heavy atom. The Morgan fingerprint density at radius 1 is 1.48 bits per heavy atom. The van der Waals surface area contributed by atoms with Gasteiger partial charge in [0.05, 0.1) is 18.8 Å². The smallest absolute Gasteiger partial charge is 0.315 e. The van der Waals surface area contributed by atoms with Crippen LogP contribution in [-0.4, -0.2) is 72.7 Å². The van der Waals surface area contributed by atoms with Gasteiger partial charge in [-0.25, -0.2) is 9.18 Å². The van der Waals surface area contributed by atoms with Crippen LogP contribution in [0.4, 0.5) is 9.18 Å². The van der Waals surface area contributed by atoms with Crippen LogP contribution >= 0.6 is 0 Å². The van der Waals surface area contributed by atoms with Gasteiger partial charge in [0.25, 0.3) is 10.2 Å². The molecule has 1 fully saturated rings. The molecule has 0 bridgehead atoms. The van der Waals surface area contributed by atoms with Crippen LogP contribution in [0.25, 0.3) is 0 Å². The summed E-state index contributed by atoms with van der Waals surface area (Å²) < 4.78 is 39.7. The molecule has 1 aromatic rings. The van der Waals surface area contributed by atoms with E-state index in [-0.39, 0.29) is 38.3 Å². The second-order valence-electron chi connectivity index (χ2n) is 5.43. The average Bonchev–Trinajstić information content (AvgIpc) is 2.88. The van der Waals surface area contributed by atoms with E-state index in [1.165, 1.54) is 23.1 Å². The molecule has 130 valence electrons. The predicted octanol–water partition coefficient (Wildman–Crippen LogP) is -0.858.